The Hall–Kier alpha value is -0.300. The lowest BCUT2D eigenvalue weighted by Crippen LogP contribution is -2.24. The van der Waals surface area contributed by atoms with Crippen molar-refractivity contribution in [2.24, 2.45) is 0 Å². The van der Waals surface area contributed by atoms with Crippen molar-refractivity contribution in [3.63, 3.8) is 0 Å². The van der Waals surface area contributed by atoms with Gasteiger partial charge in [-0.1, -0.05) is 0 Å². The standard InChI is InChI=1S/C14H9I3O4/c15-9-6-8(1-2-12(9)18)21-14-10(16)3-7(4-11(14)17)5-13(19)20/h1-4,6,18H,5H2,(H,19,20)/p-1. The zero-order valence-electron chi connectivity index (χ0n) is 10.4. The van der Waals surface area contributed by atoms with Crippen LogP contribution in [-0.4, -0.2) is 11.1 Å². The second kappa shape index (κ2) is 7.31. The highest BCUT2D eigenvalue weighted by Crippen LogP contribution is 2.34. The van der Waals surface area contributed by atoms with Gasteiger partial charge in [0.15, 0.2) is 5.75 Å². The van der Waals surface area contributed by atoms with Crippen LogP contribution in [-0.2, 0) is 11.2 Å². The molecule has 4 nitrogen and oxygen atoms in total. The number of carboxylic acids is 1. The number of hydrogen-bond acceptors (Lipinski definition) is 4. The molecule has 2 rings (SSSR count). The van der Waals surface area contributed by atoms with E-state index in [0.29, 0.717) is 20.6 Å². The molecular weight excluding hydrogens is 613 g/mol. The van der Waals surface area contributed by atoms with Crippen molar-refractivity contribution in [3.8, 4) is 17.2 Å². The van der Waals surface area contributed by atoms with Crippen LogP contribution in [0.2, 0.25) is 0 Å². The Morgan fingerprint density at radius 3 is 2.24 bits per heavy atom. The van der Waals surface area contributed by atoms with Crippen molar-refractivity contribution in [2.75, 3.05) is 0 Å². The van der Waals surface area contributed by atoms with Crippen molar-refractivity contribution < 1.29 is 19.7 Å². The predicted octanol–water partition coefficient (Wildman–Crippen LogP) is 3.29. The van der Waals surface area contributed by atoms with Crippen molar-refractivity contribution in [1.82, 2.24) is 0 Å². The SMILES string of the molecule is O=C([O-])Cc1cc(I)c(Oc2ccc(O)c(I)c2)c(I)c1. The number of phenols is 1. The Labute approximate surface area is 162 Å². The number of benzene rings is 2. The molecule has 1 N–H and O–H groups in total. The van der Waals surface area contributed by atoms with E-state index in [4.69, 9.17) is 4.74 Å². The Bertz CT molecular complexity index is 678. The smallest absolute Gasteiger partial charge is 0.154 e. The molecule has 7 heteroatoms. The van der Waals surface area contributed by atoms with Crippen molar-refractivity contribution >= 4 is 73.7 Å². The van der Waals surface area contributed by atoms with Gasteiger partial charge in [0.2, 0.25) is 0 Å². The van der Waals surface area contributed by atoms with E-state index in [0.717, 1.165) is 7.14 Å². The summed E-state index contributed by atoms with van der Waals surface area (Å²) in [7, 11) is 0. The molecule has 0 aliphatic carbocycles. The maximum Gasteiger partial charge on any atom is 0.154 e. The molecule has 2 aromatic carbocycles. The Morgan fingerprint density at radius 2 is 1.71 bits per heavy atom. The number of carbonyl (C=O) groups excluding carboxylic acids is 1. The Balaban J connectivity index is 2.31. The average Bonchev–Trinajstić information content (AvgIpc) is 2.37. The van der Waals surface area contributed by atoms with Gasteiger partial charge in [-0.05, 0) is 104 Å². The van der Waals surface area contributed by atoms with Crippen LogP contribution in [0, 0.1) is 10.7 Å². The summed E-state index contributed by atoms with van der Waals surface area (Å²) in [6, 6.07) is 8.51. The molecule has 110 valence electrons. The first-order chi connectivity index (χ1) is 9.86. The van der Waals surface area contributed by atoms with Crippen molar-refractivity contribution in [3.05, 3.63) is 46.6 Å². The first-order valence-corrected chi connectivity index (χ1v) is 8.94. The molecule has 0 aliphatic heterocycles. The van der Waals surface area contributed by atoms with Gasteiger partial charge in [-0.25, -0.2) is 0 Å². The van der Waals surface area contributed by atoms with Crippen LogP contribution in [0.5, 0.6) is 17.2 Å². The molecule has 21 heavy (non-hydrogen) atoms. The summed E-state index contributed by atoms with van der Waals surface area (Å²) in [5.74, 6) is 0.375. The van der Waals surface area contributed by atoms with Crippen LogP contribution in [0.3, 0.4) is 0 Å². The molecule has 0 bridgehead atoms. The topological polar surface area (TPSA) is 69.6 Å². The maximum atomic E-state index is 10.7. The average molecular weight is 621 g/mol. The highest BCUT2D eigenvalue weighted by molar-refractivity contribution is 14.1. The molecule has 0 heterocycles. The lowest BCUT2D eigenvalue weighted by atomic mass is 10.1. The van der Waals surface area contributed by atoms with E-state index < -0.39 is 5.97 Å². The van der Waals surface area contributed by atoms with Crippen LogP contribution in [0.15, 0.2) is 30.3 Å². The highest BCUT2D eigenvalue weighted by atomic mass is 127. The first kappa shape index (κ1) is 17.1. The third kappa shape index (κ3) is 4.58. The number of rotatable bonds is 4. The quantitative estimate of drug-likeness (QED) is 0.533. The predicted molar refractivity (Wildman–Crippen MR) is 101 cm³/mol. The van der Waals surface area contributed by atoms with Gasteiger partial charge in [-0.2, -0.15) is 0 Å². The Kier molecular flexibility index (Phi) is 5.94. The van der Waals surface area contributed by atoms with E-state index >= 15 is 0 Å². The molecule has 0 aliphatic rings. The van der Waals surface area contributed by atoms with E-state index in [1.54, 1.807) is 30.3 Å². The molecule has 0 atom stereocenters. The molecule has 0 unspecified atom stereocenters. The summed E-state index contributed by atoms with van der Waals surface area (Å²) in [4.78, 5) is 10.7. The molecule has 0 fully saturated rings. The Morgan fingerprint density at radius 1 is 1.10 bits per heavy atom. The van der Waals surface area contributed by atoms with Crippen molar-refractivity contribution in [2.45, 2.75) is 6.42 Å². The lowest BCUT2D eigenvalue weighted by Gasteiger charge is -2.13. The van der Waals surface area contributed by atoms with Crippen LogP contribution in [0.25, 0.3) is 0 Å². The van der Waals surface area contributed by atoms with E-state index in [1.807, 2.05) is 22.6 Å². The molecule has 0 saturated carbocycles. The van der Waals surface area contributed by atoms with E-state index in [2.05, 4.69) is 45.2 Å². The number of hydrogen-bond donors (Lipinski definition) is 1. The number of halogens is 3. The molecule has 0 saturated heterocycles. The first-order valence-electron chi connectivity index (χ1n) is 5.71. The monoisotopic (exact) mass is 621 g/mol. The molecule has 2 aromatic rings. The van der Waals surface area contributed by atoms with Gasteiger partial charge in [-0.15, -0.1) is 0 Å². The number of carboxylic acid groups (broad SMARTS) is 1. The fourth-order valence-electron chi connectivity index (χ4n) is 1.65. The molecule has 0 radical (unpaired) electrons. The molecule has 0 aromatic heterocycles. The summed E-state index contributed by atoms with van der Waals surface area (Å²) in [6.07, 6.45) is -0.122. The number of phenolic OH excluding ortho intramolecular Hbond substituents is 1. The number of ether oxygens (including phenoxy) is 1. The van der Waals surface area contributed by atoms with Gasteiger partial charge < -0.3 is 19.7 Å². The summed E-state index contributed by atoms with van der Waals surface area (Å²) in [5.41, 5.74) is 0.677. The van der Waals surface area contributed by atoms with Gasteiger partial charge >= 0.3 is 0 Å². The molecule has 0 spiro atoms. The normalized spacial score (nSPS) is 10.4. The number of carbonyl (C=O) groups is 1. The minimum absolute atomic E-state index is 0.122. The zero-order chi connectivity index (χ0) is 15.6. The summed E-state index contributed by atoms with van der Waals surface area (Å²) >= 11 is 6.23. The summed E-state index contributed by atoms with van der Waals surface area (Å²) in [5, 5.41) is 20.2. The van der Waals surface area contributed by atoms with E-state index in [9.17, 15) is 15.0 Å². The van der Waals surface area contributed by atoms with E-state index in [-0.39, 0.29) is 12.2 Å². The molecule has 0 amide bonds. The largest absolute Gasteiger partial charge is 0.550 e. The van der Waals surface area contributed by atoms with Gasteiger partial charge in [0.05, 0.1) is 10.7 Å². The van der Waals surface area contributed by atoms with Gasteiger partial charge in [0.1, 0.15) is 11.5 Å². The summed E-state index contributed by atoms with van der Waals surface area (Å²) < 4.78 is 8.18. The minimum atomic E-state index is -1.11. The van der Waals surface area contributed by atoms with Crippen LogP contribution < -0.4 is 9.84 Å². The van der Waals surface area contributed by atoms with E-state index in [1.165, 1.54) is 0 Å². The number of aliphatic carboxylic acids is 1. The lowest BCUT2D eigenvalue weighted by molar-refractivity contribution is -0.304. The van der Waals surface area contributed by atoms with Crippen LogP contribution >= 0.6 is 67.8 Å². The third-order valence-corrected chi connectivity index (χ3v) is 5.01. The zero-order valence-corrected chi connectivity index (χ0v) is 16.9. The molecular formula is C14H8I3O4-. The van der Waals surface area contributed by atoms with Crippen LogP contribution in [0.4, 0.5) is 0 Å². The third-order valence-electron chi connectivity index (χ3n) is 2.55. The fourth-order valence-corrected chi connectivity index (χ4v) is 4.25. The van der Waals surface area contributed by atoms with Gasteiger partial charge in [0, 0.05) is 12.4 Å². The maximum absolute atomic E-state index is 10.7. The second-order valence-corrected chi connectivity index (χ2v) is 7.64. The van der Waals surface area contributed by atoms with Crippen LogP contribution in [0.1, 0.15) is 5.56 Å². The fraction of sp³-hybridized carbons (Fsp3) is 0.0714. The minimum Gasteiger partial charge on any atom is -0.550 e. The summed E-state index contributed by atoms with van der Waals surface area (Å²) in [6.45, 7) is 0. The second-order valence-electron chi connectivity index (χ2n) is 4.15. The van der Waals surface area contributed by atoms with Gasteiger partial charge in [0.25, 0.3) is 0 Å². The number of aromatic hydroxyl groups is 1. The van der Waals surface area contributed by atoms with Crippen molar-refractivity contribution in [1.29, 1.82) is 0 Å². The highest BCUT2D eigenvalue weighted by Gasteiger charge is 2.11. The van der Waals surface area contributed by atoms with Gasteiger partial charge in [-0.3, -0.25) is 0 Å².